The monoisotopic (exact) mass is 266 g/mol. The second-order valence-electron chi connectivity index (χ2n) is 5.66. The summed E-state index contributed by atoms with van der Waals surface area (Å²) < 4.78 is 0. The SMILES string of the molecule is c1ccc(C2CCN(c3ncnc4c3CCC4)C2)nc1. The van der Waals surface area contributed by atoms with Gasteiger partial charge in [0.05, 0.1) is 0 Å². The number of pyridine rings is 1. The number of hydrogen-bond acceptors (Lipinski definition) is 4. The molecule has 1 aliphatic carbocycles. The molecule has 4 rings (SSSR count). The Morgan fingerprint density at radius 3 is 3.00 bits per heavy atom. The number of hydrogen-bond donors (Lipinski definition) is 0. The summed E-state index contributed by atoms with van der Waals surface area (Å²) >= 11 is 0. The van der Waals surface area contributed by atoms with Crippen LogP contribution >= 0.6 is 0 Å². The maximum atomic E-state index is 4.55. The van der Waals surface area contributed by atoms with E-state index in [0.29, 0.717) is 5.92 Å². The minimum atomic E-state index is 0.531. The van der Waals surface area contributed by atoms with Crippen molar-refractivity contribution in [1.29, 1.82) is 0 Å². The molecule has 0 N–H and O–H groups in total. The topological polar surface area (TPSA) is 41.9 Å². The summed E-state index contributed by atoms with van der Waals surface area (Å²) in [5.74, 6) is 1.70. The molecule has 1 unspecified atom stereocenters. The standard InChI is InChI=1S/C16H18N4/c1-2-8-17-14(5-1)12-7-9-20(10-12)16-13-4-3-6-15(13)18-11-19-16/h1-2,5,8,11-12H,3-4,6-7,9-10H2. The summed E-state index contributed by atoms with van der Waals surface area (Å²) in [4.78, 5) is 15.9. The first-order valence-electron chi connectivity index (χ1n) is 7.40. The lowest BCUT2D eigenvalue weighted by molar-refractivity contribution is 0.743. The molecule has 1 saturated heterocycles. The van der Waals surface area contributed by atoms with Crippen LogP contribution < -0.4 is 4.90 Å². The van der Waals surface area contributed by atoms with E-state index in [1.807, 2.05) is 12.3 Å². The molecule has 0 radical (unpaired) electrons. The van der Waals surface area contributed by atoms with Gasteiger partial charge in [-0.1, -0.05) is 6.07 Å². The second-order valence-corrected chi connectivity index (χ2v) is 5.66. The van der Waals surface area contributed by atoms with E-state index in [0.717, 1.165) is 32.4 Å². The van der Waals surface area contributed by atoms with Crippen molar-refractivity contribution in [2.24, 2.45) is 0 Å². The molecule has 4 nitrogen and oxygen atoms in total. The van der Waals surface area contributed by atoms with Crippen LogP contribution in [0, 0.1) is 0 Å². The molecular weight excluding hydrogens is 248 g/mol. The molecule has 3 heterocycles. The Balaban J connectivity index is 1.59. The fraction of sp³-hybridized carbons (Fsp3) is 0.438. The molecule has 2 aromatic heterocycles. The summed E-state index contributed by atoms with van der Waals surface area (Å²) in [7, 11) is 0. The Hall–Kier alpha value is -1.97. The highest BCUT2D eigenvalue weighted by atomic mass is 15.2. The molecule has 1 atom stereocenters. The van der Waals surface area contributed by atoms with Crippen LogP contribution in [0.5, 0.6) is 0 Å². The molecule has 0 aromatic carbocycles. The lowest BCUT2D eigenvalue weighted by Gasteiger charge is -2.20. The molecule has 1 fully saturated rings. The van der Waals surface area contributed by atoms with Crippen molar-refractivity contribution in [3.05, 3.63) is 47.7 Å². The van der Waals surface area contributed by atoms with E-state index in [1.54, 1.807) is 6.33 Å². The third-order valence-corrected chi connectivity index (χ3v) is 4.45. The Kier molecular flexibility index (Phi) is 2.87. The molecule has 0 bridgehead atoms. The van der Waals surface area contributed by atoms with Crippen molar-refractivity contribution in [2.75, 3.05) is 18.0 Å². The Labute approximate surface area is 118 Å². The van der Waals surface area contributed by atoms with Crippen molar-refractivity contribution in [3.8, 4) is 0 Å². The Bertz CT molecular complexity index is 611. The molecule has 0 spiro atoms. The summed E-state index contributed by atoms with van der Waals surface area (Å²) in [5.41, 5.74) is 3.85. The van der Waals surface area contributed by atoms with E-state index in [9.17, 15) is 0 Å². The minimum absolute atomic E-state index is 0.531. The Morgan fingerprint density at radius 1 is 1.10 bits per heavy atom. The van der Waals surface area contributed by atoms with Gasteiger partial charge >= 0.3 is 0 Å². The van der Waals surface area contributed by atoms with Crippen molar-refractivity contribution >= 4 is 5.82 Å². The number of aryl methyl sites for hydroxylation is 1. The fourth-order valence-electron chi connectivity index (χ4n) is 3.43. The minimum Gasteiger partial charge on any atom is -0.356 e. The molecule has 20 heavy (non-hydrogen) atoms. The summed E-state index contributed by atoms with van der Waals surface area (Å²) in [6.45, 7) is 2.10. The van der Waals surface area contributed by atoms with Gasteiger partial charge in [0.15, 0.2) is 0 Å². The van der Waals surface area contributed by atoms with Crippen LogP contribution in [0.2, 0.25) is 0 Å². The zero-order valence-electron chi connectivity index (χ0n) is 11.5. The van der Waals surface area contributed by atoms with Crippen molar-refractivity contribution in [2.45, 2.75) is 31.6 Å². The zero-order valence-corrected chi connectivity index (χ0v) is 11.5. The molecule has 1 aliphatic heterocycles. The number of fused-ring (bicyclic) bond motifs is 1. The first kappa shape index (κ1) is 11.8. The van der Waals surface area contributed by atoms with Gasteiger partial charge in [0.25, 0.3) is 0 Å². The molecule has 102 valence electrons. The van der Waals surface area contributed by atoms with Crippen LogP contribution in [-0.2, 0) is 12.8 Å². The highest BCUT2D eigenvalue weighted by molar-refractivity contribution is 5.51. The number of rotatable bonds is 2. The van der Waals surface area contributed by atoms with Crippen molar-refractivity contribution in [3.63, 3.8) is 0 Å². The van der Waals surface area contributed by atoms with E-state index < -0.39 is 0 Å². The largest absolute Gasteiger partial charge is 0.356 e. The third kappa shape index (κ3) is 1.96. The highest BCUT2D eigenvalue weighted by Crippen LogP contribution is 2.33. The van der Waals surface area contributed by atoms with Crippen LogP contribution in [0.15, 0.2) is 30.7 Å². The highest BCUT2D eigenvalue weighted by Gasteiger charge is 2.28. The average Bonchev–Trinajstić information content (AvgIpc) is 3.17. The van der Waals surface area contributed by atoms with Gasteiger partial charge in [0.1, 0.15) is 12.1 Å². The number of anilines is 1. The molecular formula is C16H18N4. The van der Waals surface area contributed by atoms with Gasteiger partial charge in [-0.2, -0.15) is 0 Å². The third-order valence-electron chi connectivity index (χ3n) is 4.45. The van der Waals surface area contributed by atoms with Crippen molar-refractivity contribution < 1.29 is 0 Å². The molecule has 4 heteroatoms. The van der Waals surface area contributed by atoms with Gasteiger partial charge in [-0.05, 0) is 37.8 Å². The predicted molar refractivity (Wildman–Crippen MR) is 77.9 cm³/mol. The van der Waals surface area contributed by atoms with Crippen molar-refractivity contribution in [1.82, 2.24) is 15.0 Å². The van der Waals surface area contributed by atoms with Crippen LogP contribution in [0.4, 0.5) is 5.82 Å². The molecule has 2 aliphatic rings. The van der Waals surface area contributed by atoms with Gasteiger partial charge < -0.3 is 4.90 Å². The van der Waals surface area contributed by atoms with E-state index in [4.69, 9.17) is 0 Å². The smallest absolute Gasteiger partial charge is 0.135 e. The van der Waals surface area contributed by atoms with Gasteiger partial charge in [-0.3, -0.25) is 4.98 Å². The van der Waals surface area contributed by atoms with Gasteiger partial charge in [-0.25, -0.2) is 9.97 Å². The fourth-order valence-corrected chi connectivity index (χ4v) is 3.43. The van der Waals surface area contributed by atoms with Crippen LogP contribution in [0.3, 0.4) is 0 Å². The van der Waals surface area contributed by atoms with E-state index in [1.165, 1.54) is 29.2 Å². The van der Waals surface area contributed by atoms with Gasteiger partial charge in [0.2, 0.25) is 0 Å². The predicted octanol–water partition coefficient (Wildman–Crippen LogP) is 2.35. The van der Waals surface area contributed by atoms with Crippen LogP contribution in [0.25, 0.3) is 0 Å². The van der Waals surface area contributed by atoms with Crippen LogP contribution in [0.1, 0.15) is 35.7 Å². The summed E-state index contributed by atoms with van der Waals surface area (Å²) in [6, 6.07) is 6.19. The first-order valence-corrected chi connectivity index (χ1v) is 7.40. The summed E-state index contributed by atoms with van der Waals surface area (Å²) in [6.07, 6.45) is 8.25. The molecule has 0 saturated carbocycles. The quantitative estimate of drug-likeness (QED) is 0.837. The van der Waals surface area contributed by atoms with Gasteiger partial charge in [-0.15, -0.1) is 0 Å². The average molecular weight is 266 g/mol. The lowest BCUT2D eigenvalue weighted by atomic mass is 10.0. The normalized spacial score (nSPS) is 21.2. The number of aromatic nitrogens is 3. The number of nitrogens with zero attached hydrogens (tertiary/aromatic N) is 4. The van der Waals surface area contributed by atoms with Crippen LogP contribution in [-0.4, -0.2) is 28.0 Å². The molecule has 0 amide bonds. The van der Waals surface area contributed by atoms with E-state index in [2.05, 4.69) is 32.0 Å². The molecule has 2 aromatic rings. The second kappa shape index (κ2) is 4.85. The maximum absolute atomic E-state index is 4.55. The summed E-state index contributed by atoms with van der Waals surface area (Å²) in [5, 5.41) is 0. The maximum Gasteiger partial charge on any atom is 0.135 e. The van der Waals surface area contributed by atoms with Gasteiger partial charge in [0, 0.05) is 42.2 Å². The first-order chi connectivity index (χ1) is 9.92. The van der Waals surface area contributed by atoms with E-state index >= 15 is 0 Å². The zero-order chi connectivity index (χ0) is 13.4. The van der Waals surface area contributed by atoms with E-state index in [-0.39, 0.29) is 0 Å². The lowest BCUT2D eigenvalue weighted by Crippen LogP contribution is -2.22. The Morgan fingerprint density at radius 2 is 2.10 bits per heavy atom.